The van der Waals surface area contributed by atoms with Crippen molar-refractivity contribution in [3.8, 4) is 0 Å². The van der Waals surface area contributed by atoms with Crippen LogP contribution in [0.1, 0.15) is 11.5 Å². The number of hydrogen-bond donors (Lipinski definition) is 2. The van der Waals surface area contributed by atoms with E-state index < -0.39 is 17.6 Å². The van der Waals surface area contributed by atoms with Crippen molar-refractivity contribution in [2.24, 2.45) is 5.10 Å². The van der Waals surface area contributed by atoms with Crippen molar-refractivity contribution in [3.05, 3.63) is 52.1 Å². The molecule has 2 aromatic rings. The van der Waals surface area contributed by atoms with Crippen molar-refractivity contribution in [2.75, 3.05) is 5.32 Å². The van der Waals surface area contributed by atoms with Crippen LogP contribution in [0.15, 0.2) is 44.3 Å². The third-order valence-electron chi connectivity index (χ3n) is 2.50. The Kier molecular flexibility index (Phi) is 5.05. The number of carbonyl (C=O) groups is 2. The maximum Gasteiger partial charge on any atom is 0.329 e. The first-order valence-corrected chi connectivity index (χ1v) is 6.91. The highest BCUT2D eigenvalue weighted by atomic mass is 79.9. The first-order chi connectivity index (χ1) is 10.5. The third-order valence-corrected chi connectivity index (χ3v) is 3.00. The predicted molar refractivity (Wildman–Crippen MR) is 81.9 cm³/mol. The van der Waals surface area contributed by atoms with E-state index in [4.69, 9.17) is 4.42 Å². The van der Waals surface area contributed by atoms with Gasteiger partial charge >= 0.3 is 11.8 Å². The van der Waals surface area contributed by atoms with E-state index in [0.717, 1.165) is 0 Å². The second-order valence-electron chi connectivity index (χ2n) is 4.23. The molecule has 0 bridgehead atoms. The molecule has 2 rings (SSSR count). The second kappa shape index (κ2) is 6.99. The number of nitrogens with zero attached hydrogens (tertiary/aromatic N) is 1. The number of benzene rings is 1. The maximum atomic E-state index is 13.5. The van der Waals surface area contributed by atoms with Crippen LogP contribution >= 0.6 is 15.9 Å². The molecule has 2 amide bonds. The van der Waals surface area contributed by atoms with Crippen molar-refractivity contribution in [2.45, 2.75) is 6.92 Å². The largest absolute Gasteiger partial charge is 0.460 e. The molecule has 1 heterocycles. The van der Waals surface area contributed by atoms with Crippen molar-refractivity contribution in [3.63, 3.8) is 0 Å². The number of amides is 2. The molecule has 6 nitrogen and oxygen atoms in total. The highest BCUT2D eigenvalue weighted by Gasteiger charge is 2.15. The van der Waals surface area contributed by atoms with Crippen LogP contribution in [0.4, 0.5) is 10.1 Å². The fourth-order valence-electron chi connectivity index (χ4n) is 1.50. The molecule has 114 valence electrons. The van der Waals surface area contributed by atoms with E-state index in [1.54, 1.807) is 19.1 Å². The molecule has 22 heavy (non-hydrogen) atoms. The molecular weight excluding hydrogens is 357 g/mol. The molecule has 0 aliphatic rings. The molecular formula is C14H11BrFN3O3. The second-order valence-corrected chi connectivity index (χ2v) is 5.14. The summed E-state index contributed by atoms with van der Waals surface area (Å²) in [7, 11) is 0. The van der Waals surface area contributed by atoms with E-state index in [1.807, 2.05) is 5.43 Å². The molecule has 0 unspecified atom stereocenters. The molecule has 0 fully saturated rings. The van der Waals surface area contributed by atoms with Gasteiger partial charge in [0.25, 0.3) is 0 Å². The van der Waals surface area contributed by atoms with Gasteiger partial charge in [0.2, 0.25) is 0 Å². The summed E-state index contributed by atoms with van der Waals surface area (Å²) in [6.07, 6.45) is 1.25. The monoisotopic (exact) mass is 367 g/mol. The zero-order chi connectivity index (χ0) is 16.1. The Hall–Kier alpha value is -2.48. The average molecular weight is 368 g/mol. The van der Waals surface area contributed by atoms with Gasteiger partial charge in [0.1, 0.15) is 17.3 Å². The van der Waals surface area contributed by atoms with Gasteiger partial charge in [-0.25, -0.2) is 9.82 Å². The number of anilines is 1. The van der Waals surface area contributed by atoms with Crippen molar-refractivity contribution >= 4 is 39.6 Å². The van der Waals surface area contributed by atoms with Crippen LogP contribution in [-0.2, 0) is 9.59 Å². The summed E-state index contributed by atoms with van der Waals surface area (Å²) in [5.74, 6) is -1.60. The van der Waals surface area contributed by atoms with Crippen LogP contribution in [-0.4, -0.2) is 18.0 Å². The van der Waals surface area contributed by atoms with Crippen molar-refractivity contribution in [1.82, 2.24) is 5.43 Å². The highest BCUT2D eigenvalue weighted by molar-refractivity contribution is 9.10. The van der Waals surface area contributed by atoms with Gasteiger partial charge in [-0.2, -0.15) is 5.10 Å². The van der Waals surface area contributed by atoms with Gasteiger partial charge in [-0.15, -0.1) is 0 Å². The first-order valence-electron chi connectivity index (χ1n) is 6.11. The Morgan fingerprint density at radius 2 is 2.05 bits per heavy atom. The number of hydrogen-bond acceptors (Lipinski definition) is 4. The van der Waals surface area contributed by atoms with Gasteiger partial charge in [-0.05, 0) is 37.3 Å². The van der Waals surface area contributed by atoms with Gasteiger partial charge in [0, 0.05) is 4.47 Å². The third kappa shape index (κ3) is 4.26. The zero-order valence-corrected chi connectivity index (χ0v) is 13.0. The SMILES string of the molecule is Cc1ccc(/C=N/NC(=O)C(=O)Nc2ccc(Br)cc2F)o1. The fourth-order valence-corrected chi connectivity index (χ4v) is 1.83. The zero-order valence-electron chi connectivity index (χ0n) is 11.4. The topological polar surface area (TPSA) is 83.7 Å². The predicted octanol–water partition coefficient (Wildman–Crippen LogP) is 2.58. The fraction of sp³-hybridized carbons (Fsp3) is 0.0714. The molecule has 0 saturated carbocycles. The number of carbonyl (C=O) groups excluding carboxylic acids is 2. The molecule has 1 aromatic heterocycles. The van der Waals surface area contributed by atoms with Gasteiger partial charge < -0.3 is 9.73 Å². The summed E-state index contributed by atoms with van der Waals surface area (Å²) in [6, 6.07) is 7.42. The molecule has 0 saturated heterocycles. The highest BCUT2D eigenvalue weighted by Crippen LogP contribution is 2.19. The quantitative estimate of drug-likeness (QED) is 0.496. The van der Waals surface area contributed by atoms with E-state index in [0.29, 0.717) is 16.0 Å². The Balaban J connectivity index is 1.92. The Bertz CT molecular complexity index is 743. The van der Waals surface area contributed by atoms with Crippen LogP contribution in [0, 0.1) is 12.7 Å². The van der Waals surface area contributed by atoms with Gasteiger partial charge in [0.15, 0.2) is 0 Å². The van der Waals surface area contributed by atoms with E-state index >= 15 is 0 Å². The molecule has 1 aromatic carbocycles. The summed E-state index contributed by atoms with van der Waals surface area (Å²) >= 11 is 3.09. The molecule has 0 atom stereocenters. The van der Waals surface area contributed by atoms with Crippen LogP contribution in [0.3, 0.4) is 0 Å². The first kappa shape index (κ1) is 15.9. The standard InChI is InChI=1S/C14H11BrFN3O3/c1-8-2-4-10(22-8)7-17-19-14(21)13(20)18-12-5-3-9(15)6-11(12)16/h2-7H,1H3,(H,18,20)(H,19,21)/b17-7+. The lowest BCUT2D eigenvalue weighted by molar-refractivity contribution is -0.136. The molecule has 0 aliphatic heterocycles. The van der Waals surface area contributed by atoms with E-state index in [-0.39, 0.29) is 5.69 Å². The summed E-state index contributed by atoms with van der Waals surface area (Å²) in [5.41, 5.74) is 1.92. The molecule has 8 heteroatoms. The van der Waals surface area contributed by atoms with Crippen LogP contribution in [0.2, 0.25) is 0 Å². The van der Waals surface area contributed by atoms with Crippen LogP contribution in [0.5, 0.6) is 0 Å². The minimum absolute atomic E-state index is 0.103. The minimum Gasteiger partial charge on any atom is -0.460 e. The Labute approximate surface area is 133 Å². The van der Waals surface area contributed by atoms with Gasteiger partial charge in [0.05, 0.1) is 11.9 Å². The van der Waals surface area contributed by atoms with Crippen molar-refractivity contribution in [1.29, 1.82) is 0 Å². The summed E-state index contributed by atoms with van der Waals surface area (Å²) in [4.78, 5) is 23.1. The van der Waals surface area contributed by atoms with E-state index in [9.17, 15) is 14.0 Å². The molecule has 0 aliphatic carbocycles. The van der Waals surface area contributed by atoms with Gasteiger partial charge in [-0.1, -0.05) is 15.9 Å². The van der Waals surface area contributed by atoms with Crippen LogP contribution < -0.4 is 10.7 Å². The smallest absolute Gasteiger partial charge is 0.329 e. The lowest BCUT2D eigenvalue weighted by Gasteiger charge is -2.05. The maximum absolute atomic E-state index is 13.5. The number of aryl methyl sites for hydroxylation is 1. The van der Waals surface area contributed by atoms with E-state index in [2.05, 4.69) is 26.3 Å². The summed E-state index contributed by atoms with van der Waals surface area (Å²) in [5, 5.41) is 5.72. The van der Waals surface area contributed by atoms with Crippen LogP contribution in [0.25, 0.3) is 0 Å². The normalized spacial score (nSPS) is 10.7. The summed E-state index contributed by atoms with van der Waals surface area (Å²) in [6.45, 7) is 1.76. The molecule has 0 radical (unpaired) electrons. The number of halogens is 2. The van der Waals surface area contributed by atoms with Gasteiger partial charge in [-0.3, -0.25) is 9.59 Å². The number of rotatable bonds is 3. The Morgan fingerprint density at radius 1 is 1.27 bits per heavy atom. The average Bonchev–Trinajstić information content (AvgIpc) is 2.87. The van der Waals surface area contributed by atoms with E-state index in [1.165, 1.54) is 24.4 Å². The number of nitrogens with one attached hydrogen (secondary N) is 2. The number of hydrazone groups is 1. The lowest BCUT2D eigenvalue weighted by atomic mass is 10.3. The lowest BCUT2D eigenvalue weighted by Crippen LogP contribution is -2.32. The van der Waals surface area contributed by atoms with Crippen molar-refractivity contribution < 1.29 is 18.4 Å². The number of furan rings is 1. The molecule has 0 spiro atoms. The minimum atomic E-state index is -1.03. The molecule has 2 N–H and O–H groups in total. The Morgan fingerprint density at radius 3 is 2.68 bits per heavy atom. The summed E-state index contributed by atoms with van der Waals surface area (Å²) < 4.78 is 19.2.